The van der Waals surface area contributed by atoms with Crippen LogP contribution in [0.5, 0.6) is 0 Å². The van der Waals surface area contributed by atoms with Gasteiger partial charge in [-0.1, -0.05) is 11.8 Å². The zero-order valence-electron chi connectivity index (χ0n) is 18.0. The van der Waals surface area contributed by atoms with Gasteiger partial charge in [-0.3, -0.25) is 14.2 Å². The molecule has 0 saturated carbocycles. The highest BCUT2D eigenvalue weighted by Crippen LogP contribution is 2.36. The van der Waals surface area contributed by atoms with Crippen LogP contribution >= 0.6 is 34.4 Å². The first kappa shape index (κ1) is 21.3. The Kier molecular flexibility index (Phi) is 5.40. The first-order valence-corrected chi connectivity index (χ1v) is 12.3. The molecule has 1 unspecified atom stereocenters. The van der Waals surface area contributed by atoms with E-state index in [1.54, 1.807) is 15.9 Å². The van der Waals surface area contributed by atoms with Gasteiger partial charge in [-0.15, -0.1) is 22.7 Å². The van der Waals surface area contributed by atoms with E-state index in [9.17, 15) is 9.59 Å². The second-order valence-corrected chi connectivity index (χ2v) is 11.5. The molecule has 158 valence electrons. The smallest absolute Gasteiger partial charge is 0.263 e. The summed E-state index contributed by atoms with van der Waals surface area (Å²) < 4.78 is 1.75. The van der Waals surface area contributed by atoms with E-state index >= 15 is 0 Å². The van der Waals surface area contributed by atoms with Gasteiger partial charge in [0.05, 0.1) is 16.0 Å². The summed E-state index contributed by atoms with van der Waals surface area (Å²) in [5.41, 5.74) is 1.87. The van der Waals surface area contributed by atoms with Crippen LogP contribution in [0.1, 0.15) is 58.8 Å². The van der Waals surface area contributed by atoms with E-state index in [1.807, 2.05) is 48.5 Å². The number of fused-ring (bicyclic) bond motifs is 2. The van der Waals surface area contributed by atoms with Gasteiger partial charge in [0.1, 0.15) is 15.5 Å². The minimum Gasteiger partial charge on any atom is -0.309 e. The quantitative estimate of drug-likeness (QED) is 0.325. The highest BCUT2D eigenvalue weighted by atomic mass is 32.2. The Balaban J connectivity index is 1.82. The van der Waals surface area contributed by atoms with Crippen molar-refractivity contribution in [2.24, 2.45) is 0 Å². The zero-order valence-corrected chi connectivity index (χ0v) is 20.5. The molecule has 0 aromatic carbocycles. The standard InChI is InChI=1S/C21H24N4O2S3/c1-8(2)25-20(27)15-10(4)12(6)29-19(15)24-21(25)30-13(7)16-22-17(26)14-9(3)11(5)28-18(14)23-16/h8,13H,1-7H3,(H,22,23,26). The fourth-order valence-electron chi connectivity index (χ4n) is 3.50. The van der Waals surface area contributed by atoms with Crippen LogP contribution in [0, 0.1) is 27.7 Å². The third-order valence-electron chi connectivity index (χ3n) is 5.44. The molecule has 9 heteroatoms. The van der Waals surface area contributed by atoms with E-state index in [-0.39, 0.29) is 22.4 Å². The lowest BCUT2D eigenvalue weighted by molar-refractivity contribution is 0.518. The number of thiophene rings is 2. The molecule has 0 aliphatic rings. The number of H-pyrrole nitrogens is 1. The molecule has 4 rings (SSSR count). The van der Waals surface area contributed by atoms with E-state index in [1.165, 1.54) is 23.1 Å². The van der Waals surface area contributed by atoms with Gasteiger partial charge in [0, 0.05) is 15.8 Å². The van der Waals surface area contributed by atoms with Crippen molar-refractivity contribution in [1.82, 2.24) is 19.5 Å². The summed E-state index contributed by atoms with van der Waals surface area (Å²) in [5, 5.41) is 1.86. The van der Waals surface area contributed by atoms with E-state index in [2.05, 4.69) is 4.98 Å². The number of thioether (sulfide) groups is 1. The normalized spacial score (nSPS) is 13.1. The molecule has 4 heterocycles. The Morgan fingerprint density at radius 3 is 2.07 bits per heavy atom. The van der Waals surface area contributed by atoms with Crippen molar-refractivity contribution in [1.29, 1.82) is 0 Å². The van der Waals surface area contributed by atoms with Gasteiger partial charge in [-0.05, 0) is 59.6 Å². The average molecular weight is 461 g/mol. The largest absolute Gasteiger partial charge is 0.309 e. The molecule has 30 heavy (non-hydrogen) atoms. The van der Waals surface area contributed by atoms with E-state index in [0.29, 0.717) is 21.8 Å². The maximum absolute atomic E-state index is 13.3. The van der Waals surface area contributed by atoms with Crippen LogP contribution in [-0.2, 0) is 0 Å². The molecule has 0 amide bonds. The Labute approximate surface area is 186 Å². The highest BCUT2D eigenvalue weighted by Gasteiger charge is 2.22. The van der Waals surface area contributed by atoms with Crippen molar-refractivity contribution in [3.63, 3.8) is 0 Å². The molecule has 0 aliphatic heterocycles. The Bertz CT molecular complexity index is 1410. The molecular weight excluding hydrogens is 436 g/mol. The van der Waals surface area contributed by atoms with Gasteiger partial charge in [-0.25, -0.2) is 9.97 Å². The molecule has 0 radical (unpaired) electrons. The van der Waals surface area contributed by atoms with Crippen LogP contribution < -0.4 is 11.1 Å². The summed E-state index contributed by atoms with van der Waals surface area (Å²) >= 11 is 4.54. The molecule has 6 nitrogen and oxygen atoms in total. The molecular formula is C21H24N4O2S3. The molecule has 0 bridgehead atoms. The van der Waals surface area contributed by atoms with Gasteiger partial charge in [0.25, 0.3) is 11.1 Å². The number of aromatic amines is 1. The topological polar surface area (TPSA) is 80.6 Å². The number of nitrogens with one attached hydrogen (secondary N) is 1. The molecule has 1 N–H and O–H groups in total. The molecule has 0 saturated heterocycles. The number of rotatable bonds is 4. The van der Waals surface area contributed by atoms with Crippen LogP contribution in [0.25, 0.3) is 20.4 Å². The van der Waals surface area contributed by atoms with Gasteiger partial charge in [-0.2, -0.15) is 0 Å². The van der Waals surface area contributed by atoms with Crippen molar-refractivity contribution < 1.29 is 0 Å². The summed E-state index contributed by atoms with van der Waals surface area (Å²) in [4.78, 5) is 42.2. The molecule has 0 fully saturated rings. The first-order chi connectivity index (χ1) is 14.1. The van der Waals surface area contributed by atoms with Crippen molar-refractivity contribution in [3.8, 4) is 0 Å². The lowest BCUT2D eigenvalue weighted by Crippen LogP contribution is -2.25. The van der Waals surface area contributed by atoms with Gasteiger partial charge in [0.2, 0.25) is 0 Å². The maximum atomic E-state index is 13.3. The highest BCUT2D eigenvalue weighted by molar-refractivity contribution is 7.99. The van der Waals surface area contributed by atoms with Gasteiger partial charge < -0.3 is 4.98 Å². The predicted octanol–water partition coefficient (Wildman–Crippen LogP) is 5.42. The van der Waals surface area contributed by atoms with Crippen molar-refractivity contribution in [3.05, 3.63) is 47.4 Å². The number of aromatic nitrogens is 4. The third-order valence-corrected chi connectivity index (χ3v) is 8.72. The maximum Gasteiger partial charge on any atom is 0.263 e. The van der Waals surface area contributed by atoms with E-state index in [0.717, 1.165) is 30.5 Å². The van der Waals surface area contributed by atoms with Crippen molar-refractivity contribution in [2.45, 2.75) is 64.9 Å². The van der Waals surface area contributed by atoms with Gasteiger partial charge >= 0.3 is 0 Å². The second-order valence-electron chi connectivity index (χ2n) is 7.80. The number of nitrogens with zero attached hydrogens (tertiary/aromatic N) is 3. The Morgan fingerprint density at radius 2 is 1.47 bits per heavy atom. The van der Waals surface area contributed by atoms with Crippen LogP contribution in [0.15, 0.2) is 14.7 Å². The molecule has 0 spiro atoms. The summed E-state index contributed by atoms with van der Waals surface area (Å²) in [6.07, 6.45) is 0. The van der Waals surface area contributed by atoms with E-state index in [4.69, 9.17) is 9.97 Å². The van der Waals surface area contributed by atoms with Crippen LogP contribution in [0.2, 0.25) is 0 Å². The summed E-state index contributed by atoms with van der Waals surface area (Å²) in [6, 6.07) is -0.0270. The van der Waals surface area contributed by atoms with Crippen LogP contribution in [0.3, 0.4) is 0 Å². The fraction of sp³-hybridized carbons (Fsp3) is 0.429. The third kappa shape index (κ3) is 3.33. The summed E-state index contributed by atoms with van der Waals surface area (Å²) in [6.45, 7) is 13.9. The minimum atomic E-state index is -0.165. The second kappa shape index (κ2) is 7.62. The van der Waals surface area contributed by atoms with Crippen LogP contribution in [-0.4, -0.2) is 19.5 Å². The zero-order chi connectivity index (χ0) is 21.9. The van der Waals surface area contributed by atoms with Crippen LogP contribution in [0.4, 0.5) is 0 Å². The summed E-state index contributed by atoms with van der Waals surface area (Å²) in [5.74, 6) is 0.599. The lowest BCUT2D eigenvalue weighted by atomic mass is 10.2. The molecule has 4 aromatic heterocycles. The van der Waals surface area contributed by atoms with Crippen molar-refractivity contribution >= 4 is 54.9 Å². The fourth-order valence-corrected chi connectivity index (χ4v) is 6.71. The average Bonchev–Trinajstić information content (AvgIpc) is 3.10. The number of hydrogen-bond donors (Lipinski definition) is 1. The Hall–Kier alpha value is -1.97. The Morgan fingerprint density at radius 1 is 0.900 bits per heavy atom. The monoisotopic (exact) mass is 460 g/mol. The first-order valence-electron chi connectivity index (χ1n) is 9.79. The molecule has 4 aromatic rings. The predicted molar refractivity (Wildman–Crippen MR) is 128 cm³/mol. The molecule has 1 atom stereocenters. The van der Waals surface area contributed by atoms with Gasteiger partial charge in [0.15, 0.2) is 5.16 Å². The summed E-state index contributed by atoms with van der Waals surface area (Å²) in [7, 11) is 0. The van der Waals surface area contributed by atoms with E-state index < -0.39 is 0 Å². The number of hydrogen-bond acceptors (Lipinski definition) is 7. The molecule has 0 aliphatic carbocycles. The lowest BCUT2D eigenvalue weighted by Gasteiger charge is -2.17. The number of aryl methyl sites for hydroxylation is 4. The van der Waals surface area contributed by atoms with Crippen molar-refractivity contribution in [2.75, 3.05) is 0 Å². The minimum absolute atomic E-state index is 0.00652. The SMILES string of the molecule is Cc1sc2nc(C(C)Sc3nc4sc(C)c(C)c4c(=O)n3C(C)C)[nH]c(=O)c2c1C.